The highest BCUT2D eigenvalue weighted by Crippen LogP contribution is 2.44. The number of hydrogen-bond donors (Lipinski definition) is 4. The van der Waals surface area contributed by atoms with Gasteiger partial charge in [-0.3, -0.25) is 14.8 Å². The first kappa shape index (κ1) is 22.0. The number of rotatable bonds is 7. The predicted octanol–water partition coefficient (Wildman–Crippen LogP) is 1.96. The molecule has 0 saturated heterocycles. The van der Waals surface area contributed by atoms with Gasteiger partial charge in [-0.05, 0) is 22.3 Å². The fraction of sp³-hybridized carbons (Fsp3) is 0.217. The van der Waals surface area contributed by atoms with Crippen molar-refractivity contribution in [2.24, 2.45) is 7.05 Å². The summed E-state index contributed by atoms with van der Waals surface area (Å²) < 4.78 is 6.80. The summed E-state index contributed by atoms with van der Waals surface area (Å²) in [7, 11) is 1.56. The molecular formula is C23H22N4O6. The minimum atomic E-state index is -1.75. The Balaban J connectivity index is 1.42. The Morgan fingerprint density at radius 1 is 1.09 bits per heavy atom. The SMILES string of the molecule is Cn1cc(NC(=O)OCC2c3ccccc3-c3ccccc32)c(C(=O)NCC(O)C(=O)O)n1. The van der Waals surface area contributed by atoms with Gasteiger partial charge in [0.25, 0.3) is 5.91 Å². The van der Waals surface area contributed by atoms with Crippen LogP contribution in [0.25, 0.3) is 11.1 Å². The van der Waals surface area contributed by atoms with E-state index in [-0.39, 0.29) is 23.9 Å². The van der Waals surface area contributed by atoms with E-state index in [9.17, 15) is 19.5 Å². The van der Waals surface area contributed by atoms with Gasteiger partial charge in [-0.25, -0.2) is 9.59 Å². The van der Waals surface area contributed by atoms with E-state index in [0.29, 0.717) is 0 Å². The van der Waals surface area contributed by atoms with E-state index in [1.807, 2.05) is 48.5 Å². The lowest BCUT2D eigenvalue weighted by Crippen LogP contribution is -2.37. The van der Waals surface area contributed by atoms with Gasteiger partial charge < -0.3 is 20.3 Å². The molecule has 0 bridgehead atoms. The highest BCUT2D eigenvalue weighted by Gasteiger charge is 2.29. The van der Waals surface area contributed by atoms with Crippen LogP contribution >= 0.6 is 0 Å². The van der Waals surface area contributed by atoms with Crippen molar-refractivity contribution in [3.05, 3.63) is 71.5 Å². The molecule has 0 aliphatic heterocycles. The van der Waals surface area contributed by atoms with Gasteiger partial charge in [0.15, 0.2) is 11.8 Å². The summed E-state index contributed by atoms with van der Waals surface area (Å²) in [5, 5.41) is 26.8. The average molecular weight is 450 g/mol. The number of aliphatic carboxylic acids is 1. The molecule has 3 aromatic rings. The highest BCUT2D eigenvalue weighted by molar-refractivity contribution is 6.01. The third-order valence-corrected chi connectivity index (χ3v) is 5.37. The van der Waals surface area contributed by atoms with Crippen LogP contribution in [-0.2, 0) is 16.6 Å². The largest absolute Gasteiger partial charge is 0.479 e. The zero-order valence-electron chi connectivity index (χ0n) is 17.7. The normalized spacial score (nSPS) is 13.0. The molecule has 2 aromatic carbocycles. The maximum Gasteiger partial charge on any atom is 0.411 e. The van der Waals surface area contributed by atoms with Crippen molar-refractivity contribution in [2.45, 2.75) is 12.0 Å². The van der Waals surface area contributed by atoms with Crippen molar-refractivity contribution < 1.29 is 29.3 Å². The van der Waals surface area contributed by atoms with Gasteiger partial charge in [0, 0.05) is 19.2 Å². The fourth-order valence-corrected chi connectivity index (χ4v) is 3.85. The lowest BCUT2D eigenvalue weighted by atomic mass is 9.98. The van der Waals surface area contributed by atoms with Gasteiger partial charge in [0.1, 0.15) is 6.61 Å². The standard InChI is InChI=1S/C23H22N4O6/c1-27-11-18(20(26-27)21(29)24-10-19(28)22(30)31)25-23(32)33-12-17-15-8-4-2-6-13(15)14-7-3-5-9-16(14)17/h2-9,11,17,19,28H,10,12H2,1H3,(H,24,29)(H,25,32)(H,30,31). The van der Waals surface area contributed by atoms with Crippen LogP contribution in [0.3, 0.4) is 0 Å². The summed E-state index contributed by atoms with van der Waals surface area (Å²) in [5.41, 5.74) is 4.32. The van der Waals surface area contributed by atoms with E-state index >= 15 is 0 Å². The van der Waals surface area contributed by atoms with Crippen LogP contribution in [0.4, 0.5) is 10.5 Å². The van der Waals surface area contributed by atoms with Crippen molar-refractivity contribution in [3.8, 4) is 11.1 Å². The Bertz CT molecular complexity index is 1180. The van der Waals surface area contributed by atoms with Crippen LogP contribution in [0, 0.1) is 0 Å². The maximum atomic E-state index is 12.5. The van der Waals surface area contributed by atoms with Crippen LogP contribution in [0.15, 0.2) is 54.7 Å². The summed E-state index contributed by atoms with van der Waals surface area (Å²) in [4.78, 5) is 35.6. The van der Waals surface area contributed by atoms with E-state index in [4.69, 9.17) is 9.84 Å². The number of aliphatic hydroxyl groups is 1. The van der Waals surface area contributed by atoms with Crippen molar-refractivity contribution in [1.29, 1.82) is 0 Å². The maximum absolute atomic E-state index is 12.5. The number of hydrogen-bond acceptors (Lipinski definition) is 6. The molecule has 2 amide bonds. The Morgan fingerprint density at radius 3 is 2.30 bits per heavy atom. The van der Waals surface area contributed by atoms with Crippen LogP contribution in [0.2, 0.25) is 0 Å². The predicted molar refractivity (Wildman–Crippen MR) is 118 cm³/mol. The molecule has 0 spiro atoms. The number of amides is 2. The quantitative estimate of drug-likeness (QED) is 0.431. The smallest absolute Gasteiger partial charge is 0.411 e. The van der Waals surface area contributed by atoms with E-state index in [0.717, 1.165) is 22.3 Å². The zero-order chi connectivity index (χ0) is 23.5. The fourth-order valence-electron chi connectivity index (χ4n) is 3.85. The Morgan fingerprint density at radius 2 is 1.70 bits per heavy atom. The molecule has 1 atom stereocenters. The van der Waals surface area contributed by atoms with Crippen molar-refractivity contribution >= 4 is 23.7 Å². The summed E-state index contributed by atoms with van der Waals surface area (Å²) >= 11 is 0. The van der Waals surface area contributed by atoms with E-state index < -0.39 is 30.6 Å². The molecule has 1 aromatic heterocycles. The number of carbonyl (C=O) groups excluding carboxylic acids is 2. The Labute approximate surface area is 188 Å². The molecule has 10 heteroatoms. The first-order valence-electron chi connectivity index (χ1n) is 10.2. The number of aryl methyl sites for hydroxylation is 1. The summed E-state index contributed by atoms with van der Waals surface area (Å²) in [5.74, 6) is -2.32. The van der Waals surface area contributed by atoms with Gasteiger partial charge in [-0.15, -0.1) is 0 Å². The molecule has 1 heterocycles. The number of carboxylic acids is 1. The van der Waals surface area contributed by atoms with Crippen LogP contribution < -0.4 is 10.6 Å². The topological polar surface area (TPSA) is 143 Å². The minimum Gasteiger partial charge on any atom is -0.479 e. The Hall–Kier alpha value is -4.18. The molecule has 4 rings (SSSR count). The third kappa shape index (κ3) is 4.55. The van der Waals surface area contributed by atoms with Crippen LogP contribution in [0.5, 0.6) is 0 Å². The number of anilines is 1. The van der Waals surface area contributed by atoms with Crippen molar-refractivity contribution in [3.63, 3.8) is 0 Å². The van der Waals surface area contributed by atoms with Gasteiger partial charge in [-0.2, -0.15) is 5.10 Å². The van der Waals surface area contributed by atoms with Crippen molar-refractivity contribution in [1.82, 2.24) is 15.1 Å². The zero-order valence-corrected chi connectivity index (χ0v) is 17.7. The highest BCUT2D eigenvalue weighted by atomic mass is 16.5. The van der Waals surface area contributed by atoms with Gasteiger partial charge >= 0.3 is 12.1 Å². The first-order chi connectivity index (χ1) is 15.8. The average Bonchev–Trinajstić information content (AvgIpc) is 3.33. The van der Waals surface area contributed by atoms with Gasteiger partial charge in [-0.1, -0.05) is 48.5 Å². The molecule has 1 unspecified atom stereocenters. The van der Waals surface area contributed by atoms with Crippen LogP contribution in [-0.4, -0.2) is 57.2 Å². The molecule has 170 valence electrons. The molecule has 10 nitrogen and oxygen atoms in total. The molecule has 0 saturated carbocycles. The number of benzene rings is 2. The second kappa shape index (κ2) is 9.13. The van der Waals surface area contributed by atoms with Crippen LogP contribution in [0.1, 0.15) is 27.5 Å². The third-order valence-electron chi connectivity index (χ3n) is 5.37. The summed E-state index contributed by atoms with van der Waals surface area (Å²) in [6.07, 6.45) is -1.09. The molecular weight excluding hydrogens is 428 g/mol. The number of carbonyl (C=O) groups is 3. The lowest BCUT2D eigenvalue weighted by molar-refractivity contribution is -0.146. The number of nitrogens with one attached hydrogen (secondary N) is 2. The number of carboxylic acid groups (broad SMARTS) is 1. The number of ether oxygens (including phenoxy) is 1. The molecule has 33 heavy (non-hydrogen) atoms. The number of nitrogens with zero attached hydrogens (tertiary/aromatic N) is 2. The number of fused-ring (bicyclic) bond motifs is 3. The number of aliphatic hydroxyl groups excluding tert-OH is 1. The molecule has 0 radical (unpaired) electrons. The summed E-state index contributed by atoms with van der Waals surface area (Å²) in [6, 6.07) is 15.9. The lowest BCUT2D eigenvalue weighted by Gasteiger charge is -2.14. The molecule has 0 fully saturated rings. The van der Waals surface area contributed by atoms with E-state index in [1.54, 1.807) is 7.05 Å². The molecule has 1 aliphatic rings. The Kier molecular flexibility index (Phi) is 6.09. The van der Waals surface area contributed by atoms with E-state index in [1.165, 1.54) is 10.9 Å². The van der Waals surface area contributed by atoms with Crippen molar-refractivity contribution in [2.75, 3.05) is 18.5 Å². The minimum absolute atomic E-state index is 0.0945. The van der Waals surface area contributed by atoms with E-state index in [2.05, 4.69) is 15.7 Å². The second-order valence-corrected chi connectivity index (χ2v) is 7.58. The second-order valence-electron chi connectivity index (χ2n) is 7.58. The first-order valence-corrected chi connectivity index (χ1v) is 10.2. The van der Waals surface area contributed by atoms with Gasteiger partial charge in [0.2, 0.25) is 0 Å². The molecule has 4 N–H and O–H groups in total. The van der Waals surface area contributed by atoms with Gasteiger partial charge in [0.05, 0.1) is 12.2 Å². The number of aromatic nitrogens is 2. The summed E-state index contributed by atoms with van der Waals surface area (Å²) in [6.45, 7) is -0.401. The molecule has 1 aliphatic carbocycles. The monoisotopic (exact) mass is 450 g/mol.